The van der Waals surface area contributed by atoms with Crippen molar-refractivity contribution in [3.63, 3.8) is 0 Å². The zero-order valence-electron chi connectivity index (χ0n) is 18.3. The van der Waals surface area contributed by atoms with Crippen molar-refractivity contribution >= 4 is 27.7 Å². The van der Waals surface area contributed by atoms with Crippen molar-refractivity contribution < 1.29 is 0 Å². The second-order valence-corrected chi connectivity index (χ2v) is 10.0. The van der Waals surface area contributed by atoms with Gasteiger partial charge < -0.3 is 4.90 Å². The molecule has 3 aromatic carbocycles. The molecule has 1 atom stereocenters. The molecule has 0 aromatic heterocycles. The van der Waals surface area contributed by atoms with E-state index < -0.39 is 0 Å². The molecule has 152 valence electrons. The molecule has 4 rings (SSSR count). The molecule has 0 saturated heterocycles. The topological polar surface area (TPSA) is 3.24 Å². The van der Waals surface area contributed by atoms with Gasteiger partial charge in [-0.2, -0.15) is 10.5 Å². The number of anilines is 2. The van der Waals surface area contributed by atoms with E-state index in [1.54, 1.807) is 0 Å². The Kier molecular flexibility index (Phi) is 5.29. The summed E-state index contributed by atoms with van der Waals surface area (Å²) in [5.41, 5.74) is 8.78. The van der Waals surface area contributed by atoms with Crippen molar-refractivity contribution in [1.82, 2.24) is 0 Å². The largest absolute Gasteiger partial charge is 0.311 e. The number of fused-ring (bicyclic) bond motifs is 3. The van der Waals surface area contributed by atoms with Gasteiger partial charge >= 0.3 is 0 Å². The second kappa shape index (κ2) is 7.77. The summed E-state index contributed by atoms with van der Waals surface area (Å²) in [7, 11) is 0.00446. The van der Waals surface area contributed by atoms with Crippen LogP contribution in [0.1, 0.15) is 31.9 Å². The predicted octanol–water partition coefficient (Wildman–Crippen LogP) is 7.91. The van der Waals surface area contributed by atoms with Crippen LogP contribution in [-0.2, 0) is 5.41 Å². The smallest absolute Gasteiger partial charge is 0.0464 e. The Hall–Kier alpha value is -2.84. The molecule has 0 saturated carbocycles. The minimum atomic E-state index is -0.0217. The SMILES string of the molecule is C=C/C(=C\C)N(c1ccc(S(=C)C)cc1)c1ccc2c(c1)C(C)(C)c1ccccc1-2. The average Bonchev–Trinajstić information content (AvgIpc) is 2.99. The summed E-state index contributed by atoms with van der Waals surface area (Å²) < 4.78 is 0. The third-order valence-electron chi connectivity index (χ3n) is 6.09. The molecule has 30 heavy (non-hydrogen) atoms. The molecule has 0 aliphatic heterocycles. The Morgan fingerprint density at radius 2 is 1.53 bits per heavy atom. The number of rotatable bonds is 5. The summed E-state index contributed by atoms with van der Waals surface area (Å²) in [6, 6.07) is 24.3. The first-order valence-electron chi connectivity index (χ1n) is 10.3. The van der Waals surface area contributed by atoms with Crippen LogP contribution in [0, 0.1) is 0 Å². The number of hydrogen-bond donors (Lipinski definition) is 0. The van der Waals surface area contributed by atoms with Crippen molar-refractivity contribution in [1.29, 1.82) is 0 Å². The van der Waals surface area contributed by atoms with Gasteiger partial charge in [-0.15, -0.1) is 0 Å². The standard InChI is InChI=1S/C28H29NS/c1-7-20(8-2)29(21-13-16-23(17-14-21)30(5)6)22-15-18-25-24-11-9-10-12-26(24)28(3,4)27(25)19-22/h7-19H,1,5H2,2-4,6H3/b20-8+. The molecular weight excluding hydrogens is 382 g/mol. The maximum Gasteiger partial charge on any atom is 0.0464 e. The molecule has 0 radical (unpaired) electrons. The summed E-state index contributed by atoms with van der Waals surface area (Å²) in [6.07, 6.45) is 6.18. The minimum absolute atomic E-state index is 0.00446. The van der Waals surface area contributed by atoms with Crippen LogP contribution in [0.15, 0.2) is 96.1 Å². The van der Waals surface area contributed by atoms with Gasteiger partial charge in [-0.25, -0.2) is 0 Å². The fourth-order valence-electron chi connectivity index (χ4n) is 4.44. The van der Waals surface area contributed by atoms with Crippen LogP contribution in [0.5, 0.6) is 0 Å². The van der Waals surface area contributed by atoms with Gasteiger partial charge in [-0.05, 0) is 77.9 Å². The van der Waals surface area contributed by atoms with Gasteiger partial charge in [0.05, 0.1) is 0 Å². The first-order chi connectivity index (χ1) is 14.4. The van der Waals surface area contributed by atoms with Crippen LogP contribution in [-0.4, -0.2) is 12.1 Å². The van der Waals surface area contributed by atoms with Crippen LogP contribution in [0.25, 0.3) is 11.1 Å². The van der Waals surface area contributed by atoms with E-state index in [1.807, 2.05) is 6.08 Å². The first kappa shape index (κ1) is 20.4. The first-order valence-corrected chi connectivity index (χ1v) is 12.1. The van der Waals surface area contributed by atoms with Gasteiger partial charge in [0, 0.05) is 27.4 Å². The molecular formula is C28H29NS. The highest BCUT2D eigenvalue weighted by Crippen LogP contribution is 2.50. The summed E-state index contributed by atoms with van der Waals surface area (Å²) >= 11 is 0. The summed E-state index contributed by atoms with van der Waals surface area (Å²) in [5, 5.41) is 0. The number of hydrogen-bond acceptors (Lipinski definition) is 1. The van der Waals surface area contributed by atoms with Crippen molar-refractivity contribution in [3.05, 3.63) is 102 Å². The molecule has 0 fully saturated rings. The fraction of sp³-hybridized carbons (Fsp3) is 0.179. The van der Waals surface area contributed by atoms with E-state index in [2.05, 4.69) is 117 Å². The zero-order valence-corrected chi connectivity index (χ0v) is 19.1. The van der Waals surface area contributed by atoms with E-state index in [0.29, 0.717) is 0 Å². The Bertz CT molecular complexity index is 1170. The quantitative estimate of drug-likeness (QED) is 0.304. The third-order valence-corrected chi connectivity index (χ3v) is 7.16. The van der Waals surface area contributed by atoms with E-state index in [0.717, 1.165) is 17.1 Å². The Morgan fingerprint density at radius 1 is 0.900 bits per heavy atom. The van der Waals surface area contributed by atoms with E-state index in [9.17, 15) is 0 Å². The number of benzene rings is 3. The summed E-state index contributed by atoms with van der Waals surface area (Å²) in [6.45, 7) is 10.8. The van der Waals surface area contributed by atoms with E-state index in [-0.39, 0.29) is 15.9 Å². The van der Waals surface area contributed by atoms with Crippen LogP contribution in [0.2, 0.25) is 0 Å². The van der Waals surface area contributed by atoms with Crippen LogP contribution in [0.4, 0.5) is 11.4 Å². The van der Waals surface area contributed by atoms with Gasteiger partial charge in [-0.3, -0.25) is 0 Å². The molecule has 3 aromatic rings. The number of allylic oxidation sites excluding steroid dienone is 2. The fourth-order valence-corrected chi connectivity index (χ4v) is 5.05. The van der Waals surface area contributed by atoms with Crippen molar-refractivity contribution in [2.75, 3.05) is 11.2 Å². The predicted molar refractivity (Wildman–Crippen MR) is 135 cm³/mol. The minimum Gasteiger partial charge on any atom is -0.311 e. The van der Waals surface area contributed by atoms with Gasteiger partial charge in [0.25, 0.3) is 0 Å². The zero-order chi connectivity index (χ0) is 21.5. The normalized spacial score (nSPS) is 15.3. The molecule has 1 nitrogen and oxygen atoms in total. The molecule has 0 bridgehead atoms. The van der Waals surface area contributed by atoms with E-state index in [1.165, 1.54) is 27.1 Å². The average molecular weight is 412 g/mol. The van der Waals surface area contributed by atoms with Crippen molar-refractivity contribution in [3.8, 4) is 11.1 Å². The molecule has 0 N–H and O–H groups in total. The molecule has 2 heteroatoms. The highest BCUT2D eigenvalue weighted by molar-refractivity contribution is 8.13. The summed E-state index contributed by atoms with van der Waals surface area (Å²) in [5.74, 6) is 4.17. The molecule has 1 aliphatic carbocycles. The Morgan fingerprint density at radius 3 is 2.17 bits per heavy atom. The molecule has 0 amide bonds. The van der Waals surface area contributed by atoms with Gasteiger partial charge in [0.2, 0.25) is 0 Å². The maximum absolute atomic E-state index is 4.17. The van der Waals surface area contributed by atoms with Gasteiger partial charge in [0.1, 0.15) is 0 Å². The maximum atomic E-state index is 4.17. The number of nitrogens with zero attached hydrogens (tertiary/aromatic N) is 1. The van der Waals surface area contributed by atoms with Crippen LogP contribution >= 0.6 is 10.5 Å². The molecule has 0 spiro atoms. The van der Waals surface area contributed by atoms with Gasteiger partial charge in [0.15, 0.2) is 0 Å². The lowest BCUT2D eigenvalue weighted by Gasteiger charge is -2.28. The van der Waals surface area contributed by atoms with Crippen LogP contribution in [0.3, 0.4) is 0 Å². The molecule has 0 heterocycles. The lowest BCUT2D eigenvalue weighted by atomic mass is 9.82. The third kappa shape index (κ3) is 3.26. The van der Waals surface area contributed by atoms with Crippen molar-refractivity contribution in [2.45, 2.75) is 31.1 Å². The van der Waals surface area contributed by atoms with E-state index >= 15 is 0 Å². The monoisotopic (exact) mass is 411 g/mol. The van der Waals surface area contributed by atoms with Crippen LogP contribution < -0.4 is 4.90 Å². The van der Waals surface area contributed by atoms with Gasteiger partial charge in [-0.1, -0.05) is 62.7 Å². The van der Waals surface area contributed by atoms with E-state index in [4.69, 9.17) is 0 Å². The molecule has 1 aliphatic rings. The highest BCUT2D eigenvalue weighted by Gasteiger charge is 2.35. The second-order valence-electron chi connectivity index (χ2n) is 8.28. The lowest BCUT2D eigenvalue weighted by molar-refractivity contribution is 0.660. The summed E-state index contributed by atoms with van der Waals surface area (Å²) in [4.78, 5) is 3.55. The highest BCUT2D eigenvalue weighted by atomic mass is 32.2. The Balaban J connectivity index is 1.87. The Labute approximate surface area is 183 Å². The molecule has 1 unspecified atom stereocenters. The lowest BCUT2D eigenvalue weighted by Crippen LogP contribution is -2.18. The van der Waals surface area contributed by atoms with Crippen molar-refractivity contribution in [2.24, 2.45) is 0 Å².